The number of aliphatic hydroxyl groups excluding tert-OH is 3. The van der Waals surface area contributed by atoms with Crippen molar-refractivity contribution in [1.82, 2.24) is 0 Å². The summed E-state index contributed by atoms with van der Waals surface area (Å²) in [5.41, 5.74) is 5.55. The molecule has 0 saturated carbocycles. The van der Waals surface area contributed by atoms with Crippen LogP contribution < -0.4 is 5.73 Å². The lowest BCUT2D eigenvalue weighted by Gasteiger charge is -2.25. The molecule has 0 radical (unpaired) electrons. The van der Waals surface area contributed by atoms with Crippen LogP contribution in [0.15, 0.2) is 0 Å². The first-order valence-corrected chi connectivity index (χ1v) is 12.8. The molecule has 0 aromatic heterocycles. The molecule has 5 heteroatoms. The minimum Gasteiger partial charge on any atom is -0.393 e. The van der Waals surface area contributed by atoms with Crippen LogP contribution in [-0.2, 0) is 4.79 Å². The number of nitrogens with two attached hydrogens (primary N) is 1. The van der Waals surface area contributed by atoms with Gasteiger partial charge in [-0.25, -0.2) is 0 Å². The van der Waals surface area contributed by atoms with Crippen molar-refractivity contribution in [3.05, 3.63) is 0 Å². The van der Waals surface area contributed by atoms with Crippen LogP contribution in [0.4, 0.5) is 0 Å². The van der Waals surface area contributed by atoms with Crippen LogP contribution in [-0.4, -0.2) is 39.5 Å². The van der Waals surface area contributed by atoms with E-state index in [0.29, 0.717) is 12.8 Å². The van der Waals surface area contributed by atoms with Gasteiger partial charge in [-0.2, -0.15) is 0 Å². The summed E-state index contributed by atoms with van der Waals surface area (Å²) in [7, 11) is 0. The quantitative estimate of drug-likeness (QED) is 0.139. The molecule has 0 spiro atoms. The van der Waals surface area contributed by atoms with Crippen LogP contribution in [0.3, 0.4) is 0 Å². The second kappa shape index (κ2) is 20.4. The van der Waals surface area contributed by atoms with E-state index in [2.05, 4.69) is 6.92 Å². The number of hydrogen-bond donors (Lipinski definition) is 4. The molecular weight excluding hydrogens is 378 g/mol. The Hall–Kier alpha value is -0.490. The molecule has 0 aromatic rings. The maximum atomic E-state index is 12.4. The van der Waals surface area contributed by atoms with Gasteiger partial charge in [-0.05, 0) is 12.8 Å². The molecule has 0 amide bonds. The second-order valence-corrected chi connectivity index (χ2v) is 9.08. The molecule has 0 saturated heterocycles. The number of Topliss-reactive ketones (excluding diaryl/α,β-unsaturated/α-hetero) is 1. The standard InChI is InChI=1S/C25H51NO4/c1-3-5-7-8-9-10-11-12-13-14-15-16-17-19-22(28)24(25(26)30)23(29)20-21(27)18-6-4-2/h21-22,24-25,27-28,30H,3-20,26H2,1-2H3/t21?,22-,24-,25?/m1/s1. The topological polar surface area (TPSA) is 104 Å². The number of rotatable bonds is 22. The predicted octanol–water partition coefficient (Wildman–Crippen LogP) is 5.23. The summed E-state index contributed by atoms with van der Waals surface area (Å²) in [6, 6.07) is 0. The van der Waals surface area contributed by atoms with Crippen LogP contribution >= 0.6 is 0 Å². The molecule has 0 bridgehead atoms. The van der Waals surface area contributed by atoms with Gasteiger partial charge < -0.3 is 21.1 Å². The van der Waals surface area contributed by atoms with Crippen LogP contribution in [0.1, 0.15) is 129 Å². The van der Waals surface area contributed by atoms with E-state index in [-0.39, 0.29) is 12.2 Å². The lowest BCUT2D eigenvalue weighted by Crippen LogP contribution is -2.44. The third-order valence-electron chi connectivity index (χ3n) is 6.09. The van der Waals surface area contributed by atoms with Gasteiger partial charge in [-0.3, -0.25) is 4.79 Å². The summed E-state index contributed by atoms with van der Waals surface area (Å²) in [5.74, 6) is -1.34. The summed E-state index contributed by atoms with van der Waals surface area (Å²) >= 11 is 0. The van der Waals surface area contributed by atoms with E-state index >= 15 is 0 Å². The number of aliphatic hydroxyl groups is 3. The van der Waals surface area contributed by atoms with Crippen molar-refractivity contribution in [3.8, 4) is 0 Å². The Kier molecular flexibility index (Phi) is 20.1. The molecule has 0 aromatic carbocycles. The normalized spacial score (nSPS) is 15.7. The number of unbranched alkanes of at least 4 members (excludes halogenated alkanes) is 13. The smallest absolute Gasteiger partial charge is 0.145 e. The van der Waals surface area contributed by atoms with Gasteiger partial charge in [0.2, 0.25) is 0 Å². The first kappa shape index (κ1) is 29.5. The summed E-state index contributed by atoms with van der Waals surface area (Å²) in [6.45, 7) is 4.28. The molecule has 180 valence electrons. The molecule has 0 rings (SSSR count). The van der Waals surface area contributed by atoms with E-state index in [9.17, 15) is 20.1 Å². The molecule has 0 aliphatic rings. The maximum Gasteiger partial charge on any atom is 0.145 e. The van der Waals surface area contributed by atoms with Gasteiger partial charge in [0.15, 0.2) is 0 Å². The van der Waals surface area contributed by atoms with Gasteiger partial charge in [-0.15, -0.1) is 0 Å². The minimum atomic E-state index is -1.38. The van der Waals surface area contributed by atoms with Gasteiger partial charge in [-0.1, -0.05) is 110 Å². The third kappa shape index (κ3) is 16.2. The highest BCUT2D eigenvalue weighted by Crippen LogP contribution is 2.20. The molecule has 0 heterocycles. The molecule has 30 heavy (non-hydrogen) atoms. The van der Waals surface area contributed by atoms with Crippen molar-refractivity contribution < 1.29 is 20.1 Å². The molecule has 0 aliphatic carbocycles. The van der Waals surface area contributed by atoms with Gasteiger partial charge >= 0.3 is 0 Å². The predicted molar refractivity (Wildman–Crippen MR) is 125 cm³/mol. The van der Waals surface area contributed by atoms with Crippen LogP contribution in [0.25, 0.3) is 0 Å². The fourth-order valence-electron chi connectivity index (χ4n) is 4.09. The van der Waals surface area contributed by atoms with Crippen LogP contribution in [0.5, 0.6) is 0 Å². The van der Waals surface area contributed by atoms with E-state index in [0.717, 1.165) is 32.1 Å². The SMILES string of the molecule is CCCCCCCCCCCCCCC[C@@H](O)[C@H](C(=O)CC(O)CCCC)C(N)O. The number of carbonyl (C=O) groups excluding carboxylic acids is 1. The molecule has 0 aliphatic heterocycles. The molecule has 4 atom stereocenters. The van der Waals surface area contributed by atoms with Gasteiger partial charge in [0.1, 0.15) is 12.0 Å². The fraction of sp³-hybridized carbons (Fsp3) is 0.960. The van der Waals surface area contributed by atoms with Crippen molar-refractivity contribution in [2.75, 3.05) is 0 Å². The van der Waals surface area contributed by atoms with Crippen molar-refractivity contribution >= 4 is 5.78 Å². The third-order valence-corrected chi connectivity index (χ3v) is 6.09. The Morgan fingerprint density at radius 3 is 1.53 bits per heavy atom. The van der Waals surface area contributed by atoms with Crippen LogP contribution in [0.2, 0.25) is 0 Å². The molecule has 0 fully saturated rings. The van der Waals surface area contributed by atoms with E-state index in [1.54, 1.807) is 0 Å². The van der Waals surface area contributed by atoms with Crippen molar-refractivity contribution in [3.63, 3.8) is 0 Å². The van der Waals surface area contributed by atoms with Crippen molar-refractivity contribution in [2.45, 2.75) is 148 Å². The highest BCUT2D eigenvalue weighted by molar-refractivity contribution is 5.82. The largest absolute Gasteiger partial charge is 0.393 e. The zero-order valence-corrected chi connectivity index (χ0v) is 19.9. The zero-order chi connectivity index (χ0) is 22.6. The van der Waals surface area contributed by atoms with Crippen LogP contribution in [0, 0.1) is 5.92 Å². The Morgan fingerprint density at radius 2 is 1.10 bits per heavy atom. The molecule has 2 unspecified atom stereocenters. The first-order chi connectivity index (χ1) is 14.4. The lowest BCUT2D eigenvalue weighted by molar-refractivity contribution is -0.133. The Morgan fingerprint density at radius 1 is 0.667 bits per heavy atom. The maximum absolute atomic E-state index is 12.4. The van der Waals surface area contributed by atoms with E-state index in [1.165, 1.54) is 64.2 Å². The van der Waals surface area contributed by atoms with Crippen molar-refractivity contribution in [2.24, 2.45) is 11.7 Å². The van der Waals surface area contributed by atoms with Gasteiger partial charge in [0.25, 0.3) is 0 Å². The first-order valence-electron chi connectivity index (χ1n) is 12.8. The molecule has 5 nitrogen and oxygen atoms in total. The lowest BCUT2D eigenvalue weighted by atomic mass is 9.88. The Balaban J connectivity index is 3.82. The van der Waals surface area contributed by atoms with E-state index in [4.69, 9.17) is 5.73 Å². The zero-order valence-electron chi connectivity index (χ0n) is 19.9. The second-order valence-electron chi connectivity index (χ2n) is 9.08. The summed E-state index contributed by atoms with van der Waals surface area (Å²) in [5, 5.41) is 30.1. The van der Waals surface area contributed by atoms with Crippen molar-refractivity contribution in [1.29, 1.82) is 0 Å². The monoisotopic (exact) mass is 429 g/mol. The summed E-state index contributed by atoms with van der Waals surface area (Å²) in [4.78, 5) is 12.4. The summed E-state index contributed by atoms with van der Waals surface area (Å²) < 4.78 is 0. The summed E-state index contributed by atoms with van der Waals surface area (Å²) in [6.07, 6.45) is 16.1. The minimum absolute atomic E-state index is 0.0470. The Labute approximate surface area is 185 Å². The number of carbonyl (C=O) groups is 1. The number of ketones is 1. The number of hydrogen-bond acceptors (Lipinski definition) is 5. The highest BCUT2D eigenvalue weighted by Gasteiger charge is 2.32. The molecule has 5 N–H and O–H groups in total. The average Bonchev–Trinajstić information content (AvgIpc) is 2.69. The van der Waals surface area contributed by atoms with Gasteiger partial charge in [0, 0.05) is 6.42 Å². The van der Waals surface area contributed by atoms with Gasteiger partial charge in [0.05, 0.1) is 18.1 Å². The highest BCUT2D eigenvalue weighted by atomic mass is 16.3. The fourth-order valence-corrected chi connectivity index (χ4v) is 4.09. The average molecular weight is 430 g/mol. The van der Waals surface area contributed by atoms with E-state index < -0.39 is 24.4 Å². The Bertz CT molecular complexity index is 389. The van der Waals surface area contributed by atoms with E-state index in [1.807, 2.05) is 6.92 Å². The molecular formula is C25H51NO4.